The molecule has 0 saturated heterocycles. The van der Waals surface area contributed by atoms with Gasteiger partial charge in [-0.3, -0.25) is 0 Å². The van der Waals surface area contributed by atoms with Crippen molar-refractivity contribution in [1.29, 1.82) is 0 Å². The van der Waals surface area contributed by atoms with Gasteiger partial charge in [-0.1, -0.05) is 104 Å². The minimum Gasteiger partial charge on any atom is -0.440 e. The lowest BCUT2D eigenvalue weighted by Gasteiger charge is -2.09. The number of aryl methyl sites for hydroxylation is 1. The highest BCUT2D eigenvalue weighted by atomic mass is 16.4. The zero-order valence-electron chi connectivity index (χ0n) is 42.6. The van der Waals surface area contributed by atoms with E-state index in [2.05, 4.69) is 96.9 Å². The van der Waals surface area contributed by atoms with E-state index in [0.717, 1.165) is 22.3 Å². The van der Waals surface area contributed by atoms with Crippen molar-refractivity contribution >= 4 is 88.8 Å². The molecule has 0 aliphatic carbocycles. The fraction of sp³-hybridized carbons (Fsp3) is 0.418. The predicted octanol–water partition coefficient (Wildman–Crippen LogP) is 16.2. The molecule has 0 fully saturated rings. The standard InChI is InChI=1S/C55H54N8O8/c1-16-24-56-33-25(17(2)3)36-46-30(43(33)64-24)53-63-40-29(39-41(65-51(59-39)23(14)15)28(20(8)9)42(40)68-53)52-60-37-26(18(4)5)34-44(66-49(57-34)21(10)11)31(47(37)69-52)54-62-38-27(19(6)7)35-45(67-50(58-35)22(12)13)32(48(38)71-54)55(61-36)70-46/h17-23H,16H2,1-15H3. The second-order valence-electron chi connectivity index (χ2n) is 21.4. The third kappa shape index (κ3) is 5.84. The topological polar surface area (TPSA) is 208 Å². The first-order valence-electron chi connectivity index (χ1n) is 25.0. The van der Waals surface area contributed by atoms with E-state index in [-0.39, 0.29) is 65.0 Å². The van der Waals surface area contributed by atoms with Crippen LogP contribution in [0.3, 0.4) is 0 Å². The van der Waals surface area contributed by atoms with Crippen LogP contribution >= 0.6 is 0 Å². The molecule has 12 aromatic rings. The van der Waals surface area contributed by atoms with Gasteiger partial charge >= 0.3 is 0 Å². The molecule has 0 radical (unpaired) electrons. The molecule has 0 spiro atoms. The maximum absolute atomic E-state index is 7.25. The Labute approximate surface area is 406 Å². The van der Waals surface area contributed by atoms with Crippen LogP contribution in [0.15, 0.2) is 35.3 Å². The highest BCUT2D eigenvalue weighted by Gasteiger charge is 2.38. The van der Waals surface area contributed by atoms with E-state index in [1.807, 2.05) is 6.92 Å². The fourth-order valence-corrected chi connectivity index (χ4v) is 10.6. The van der Waals surface area contributed by atoms with Gasteiger partial charge in [0.15, 0.2) is 68.2 Å². The highest BCUT2D eigenvalue weighted by Crippen LogP contribution is 2.53. The molecule has 1 aliphatic heterocycles. The Balaban J connectivity index is 1.31. The Bertz CT molecular complexity index is 4210. The van der Waals surface area contributed by atoms with Gasteiger partial charge in [0.1, 0.15) is 60.8 Å². The molecule has 16 nitrogen and oxygen atoms in total. The average molecular weight is 955 g/mol. The maximum atomic E-state index is 7.25. The van der Waals surface area contributed by atoms with Gasteiger partial charge in [-0.05, 0) is 23.7 Å². The zero-order chi connectivity index (χ0) is 49.5. The Kier molecular flexibility index (Phi) is 9.12. The molecule has 0 N–H and O–H groups in total. The van der Waals surface area contributed by atoms with Crippen molar-refractivity contribution in [1.82, 2.24) is 39.9 Å². The fourth-order valence-electron chi connectivity index (χ4n) is 10.6. The third-order valence-corrected chi connectivity index (χ3v) is 13.9. The molecule has 9 heterocycles. The van der Waals surface area contributed by atoms with Gasteiger partial charge in [0.2, 0.25) is 23.6 Å². The Morgan fingerprint density at radius 3 is 0.944 bits per heavy atom. The number of fused-ring (bicyclic) bond motifs is 16. The smallest absolute Gasteiger partial charge is 0.235 e. The van der Waals surface area contributed by atoms with E-state index in [9.17, 15) is 0 Å². The van der Waals surface area contributed by atoms with E-state index in [1.165, 1.54) is 0 Å². The Hall–Kier alpha value is -7.36. The summed E-state index contributed by atoms with van der Waals surface area (Å²) in [4.78, 5) is 42.4. The first-order chi connectivity index (χ1) is 33.9. The predicted molar refractivity (Wildman–Crippen MR) is 270 cm³/mol. The van der Waals surface area contributed by atoms with Gasteiger partial charge < -0.3 is 35.3 Å². The van der Waals surface area contributed by atoms with E-state index in [1.54, 1.807) is 0 Å². The van der Waals surface area contributed by atoms with Crippen LogP contribution in [-0.4, -0.2) is 39.9 Å². The number of hydrogen-bond donors (Lipinski definition) is 0. The highest BCUT2D eigenvalue weighted by molar-refractivity contribution is 6.15. The summed E-state index contributed by atoms with van der Waals surface area (Å²) in [6.07, 6.45) is 0.549. The van der Waals surface area contributed by atoms with Crippen molar-refractivity contribution in [3.8, 4) is 45.8 Å². The van der Waals surface area contributed by atoms with Gasteiger partial charge in [0.25, 0.3) is 0 Å². The van der Waals surface area contributed by atoms with Crippen molar-refractivity contribution in [2.45, 2.75) is 152 Å². The molecule has 1 aliphatic rings. The van der Waals surface area contributed by atoms with Crippen LogP contribution in [0.25, 0.3) is 135 Å². The van der Waals surface area contributed by atoms with Crippen LogP contribution in [0, 0.1) is 0 Å². The van der Waals surface area contributed by atoms with Gasteiger partial charge in [-0.15, -0.1) is 0 Å². The lowest BCUT2D eigenvalue weighted by atomic mass is 9.97. The van der Waals surface area contributed by atoms with Crippen molar-refractivity contribution in [2.75, 3.05) is 0 Å². The average Bonchev–Trinajstić information content (AvgIpc) is 4.16. The van der Waals surface area contributed by atoms with E-state index in [4.69, 9.17) is 75.2 Å². The summed E-state index contributed by atoms with van der Waals surface area (Å²) in [5, 5.41) is 0. The molecular weight excluding hydrogens is 901 g/mol. The first kappa shape index (κ1) is 43.6. The molecule has 362 valence electrons. The largest absolute Gasteiger partial charge is 0.440 e. The number of aromatic nitrogens is 8. The molecule has 8 aromatic heterocycles. The minimum atomic E-state index is -0.0969. The van der Waals surface area contributed by atoms with Gasteiger partial charge in [-0.2, -0.15) is 0 Å². The van der Waals surface area contributed by atoms with Crippen molar-refractivity contribution in [3.63, 3.8) is 0 Å². The van der Waals surface area contributed by atoms with E-state index in [0.29, 0.717) is 141 Å². The zero-order valence-corrected chi connectivity index (χ0v) is 42.6. The Morgan fingerprint density at radius 2 is 0.549 bits per heavy atom. The van der Waals surface area contributed by atoms with Crippen LogP contribution in [0.4, 0.5) is 0 Å². The van der Waals surface area contributed by atoms with Crippen molar-refractivity contribution in [2.24, 2.45) is 0 Å². The quantitative estimate of drug-likeness (QED) is 0.139. The van der Waals surface area contributed by atoms with Crippen LogP contribution in [0.2, 0.25) is 0 Å². The van der Waals surface area contributed by atoms with Gasteiger partial charge in [-0.25, -0.2) is 39.9 Å². The molecule has 16 heteroatoms. The van der Waals surface area contributed by atoms with Crippen LogP contribution in [0.1, 0.15) is 191 Å². The van der Waals surface area contributed by atoms with Gasteiger partial charge in [0, 0.05) is 46.4 Å². The van der Waals surface area contributed by atoms with Crippen LogP contribution < -0.4 is 0 Å². The monoisotopic (exact) mass is 954 g/mol. The number of rotatable bonds is 8. The molecule has 8 bridgehead atoms. The molecule has 71 heavy (non-hydrogen) atoms. The molecule has 0 atom stereocenters. The number of nitrogens with zero attached hydrogens (tertiary/aromatic N) is 8. The molecule has 0 amide bonds. The van der Waals surface area contributed by atoms with Crippen LogP contribution in [-0.2, 0) is 6.42 Å². The summed E-state index contributed by atoms with van der Waals surface area (Å²) in [6, 6.07) is 0. The number of oxazole rings is 8. The second-order valence-corrected chi connectivity index (χ2v) is 21.4. The minimum absolute atomic E-state index is 0.0398. The molecule has 0 unspecified atom stereocenters. The summed E-state index contributed by atoms with van der Waals surface area (Å²) in [5.74, 6) is 2.68. The summed E-state index contributed by atoms with van der Waals surface area (Å²) >= 11 is 0. The van der Waals surface area contributed by atoms with Crippen molar-refractivity contribution in [3.05, 3.63) is 45.8 Å². The van der Waals surface area contributed by atoms with E-state index < -0.39 is 0 Å². The van der Waals surface area contributed by atoms with Gasteiger partial charge in [0.05, 0.1) is 5.56 Å². The van der Waals surface area contributed by atoms with E-state index >= 15 is 0 Å². The number of benzene rings is 4. The molecular formula is C55H54N8O8. The number of hydrogen-bond acceptors (Lipinski definition) is 16. The summed E-state index contributed by atoms with van der Waals surface area (Å²) in [7, 11) is 0. The normalized spacial score (nSPS) is 13.4. The summed E-state index contributed by atoms with van der Waals surface area (Å²) in [5.41, 5.74) is 13.3. The Morgan fingerprint density at radius 1 is 0.268 bits per heavy atom. The molecule has 4 aromatic carbocycles. The van der Waals surface area contributed by atoms with Crippen LogP contribution in [0.5, 0.6) is 0 Å². The summed E-state index contributed by atoms with van der Waals surface area (Å²) < 4.78 is 56.0. The first-order valence-corrected chi connectivity index (χ1v) is 25.0. The lowest BCUT2D eigenvalue weighted by Crippen LogP contribution is -1.96. The summed E-state index contributed by atoms with van der Waals surface area (Å²) in [6.45, 7) is 31.2. The SMILES string of the molecule is CCc1nc2c(C(C)C)c3nc4oc3c(c2o1)-c1nc2c(c3nc(C(C)C)oc3c(C(C)C)c2o1)-c1nc2c(C(C)C)c3nc(C(C)C)oc3c(c2o1)-c1nc2c(C(C)C)c3nc(C(C)C)oc3c-4c2o1. The second kappa shape index (κ2) is 14.8. The molecule has 13 rings (SSSR count). The lowest BCUT2D eigenvalue weighted by molar-refractivity contribution is 0.497. The van der Waals surface area contributed by atoms with Crippen molar-refractivity contribution < 1.29 is 35.3 Å². The maximum Gasteiger partial charge on any atom is 0.235 e. The molecule has 0 saturated carbocycles. The third-order valence-electron chi connectivity index (χ3n) is 13.9.